The number of nitrogens with zero attached hydrogens (tertiary/aromatic N) is 3. The zero-order chi connectivity index (χ0) is 11.1. The lowest BCUT2D eigenvalue weighted by Crippen LogP contribution is -3.00. The first-order valence-electron chi connectivity index (χ1n) is 5.51. The fraction of sp³-hybridized carbons (Fsp3) is 0.909. The van der Waals surface area contributed by atoms with Crippen LogP contribution >= 0.6 is 0 Å². The standard InChI is InChI=1S/C11H26N3.ClH/c1-7-9-14(10-8-2)11(12(3)4)13(5)6;/h7-10H2,1-6H3;1H/q+1;/p-1. The third-order valence-electron chi connectivity index (χ3n) is 2.07. The second-order valence-electron chi connectivity index (χ2n) is 4.08. The molecule has 0 aliphatic rings. The Balaban J connectivity index is 0. The lowest BCUT2D eigenvalue weighted by atomic mass is 10.3. The zero-order valence-corrected chi connectivity index (χ0v) is 11.8. The van der Waals surface area contributed by atoms with Crippen molar-refractivity contribution in [1.29, 1.82) is 0 Å². The first-order chi connectivity index (χ1) is 6.54. The summed E-state index contributed by atoms with van der Waals surface area (Å²) in [5, 5.41) is 0. The highest BCUT2D eigenvalue weighted by Crippen LogP contribution is 1.98. The van der Waals surface area contributed by atoms with E-state index in [1.165, 1.54) is 18.8 Å². The van der Waals surface area contributed by atoms with E-state index in [9.17, 15) is 0 Å². The van der Waals surface area contributed by atoms with E-state index < -0.39 is 0 Å². The van der Waals surface area contributed by atoms with Crippen molar-refractivity contribution in [3.8, 4) is 0 Å². The molecule has 92 valence electrons. The Morgan fingerprint density at radius 1 is 1.00 bits per heavy atom. The summed E-state index contributed by atoms with van der Waals surface area (Å²) in [7, 11) is 8.42. The predicted molar refractivity (Wildman–Crippen MR) is 63.0 cm³/mol. The van der Waals surface area contributed by atoms with Gasteiger partial charge < -0.3 is 12.4 Å². The third kappa shape index (κ3) is 5.88. The second kappa shape index (κ2) is 8.84. The molecule has 0 amide bonds. The van der Waals surface area contributed by atoms with Crippen LogP contribution in [0.15, 0.2) is 0 Å². The van der Waals surface area contributed by atoms with E-state index in [4.69, 9.17) is 0 Å². The van der Waals surface area contributed by atoms with Crippen LogP contribution < -0.4 is 12.4 Å². The molecule has 0 aliphatic carbocycles. The topological polar surface area (TPSA) is 9.49 Å². The highest BCUT2D eigenvalue weighted by atomic mass is 35.5. The molecule has 0 rings (SSSR count). The van der Waals surface area contributed by atoms with Gasteiger partial charge in [-0.3, -0.25) is 14.4 Å². The van der Waals surface area contributed by atoms with Crippen molar-refractivity contribution in [3.05, 3.63) is 0 Å². The molecule has 4 heteroatoms. The summed E-state index contributed by atoms with van der Waals surface area (Å²) >= 11 is 0. The molecule has 0 aromatic heterocycles. The molecule has 0 aromatic rings. The van der Waals surface area contributed by atoms with Crippen molar-refractivity contribution >= 4 is 5.96 Å². The zero-order valence-electron chi connectivity index (χ0n) is 11.0. The van der Waals surface area contributed by atoms with Gasteiger partial charge in [-0.15, -0.1) is 0 Å². The first-order valence-corrected chi connectivity index (χ1v) is 5.51. The molecule has 3 nitrogen and oxygen atoms in total. The van der Waals surface area contributed by atoms with Gasteiger partial charge in [0.05, 0.1) is 41.3 Å². The highest BCUT2D eigenvalue weighted by molar-refractivity contribution is 5.74. The van der Waals surface area contributed by atoms with Crippen LogP contribution in [0.2, 0.25) is 0 Å². The molecule has 0 N–H and O–H groups in total. The predicted octanol–water partition coefficient (Wildman–Crippen LogP) is -1.70. The smallest absolute Gasteiger partial charge is 0.349 e. The Labute approximate surface area is 101 Å². The van der Waals surface area contributed by atoms with Crippen LogP contribution in [0.1, 0.15) is 26.7 Å². The summed E-state index contributed by atoms with van der Waals surface area (Å²) in [5.74, 6) is 1.30. The van der Waals surface area contributed by atoms with Gasteiger partial charge in [0.15, 0.2) is 0 Å². The molecule has 0 bridgehead atoms. The van der Waals surface area contributed by atoms with E-state index in [-0.39, 0.29) is 12.4 Å². The van der Waals surface area contributed by atoms with E-state index in [0.29, 0.717) is 0 Å². The average molecular weight is 236 g/mol. The van der Waals surface area contributed by atoms with Gasteiger partial charge >= 0.3 is 5.96 Å². The lowest BCUT2D eigenvalue weighted by Gasteiger charge is -2.24. The van der Waals surface area contributed by atoms with Gasteiger partial charge in [-0.1, -0.05) is 13.8 Å². The Kier molecular flexibility index (Phi) is 10.00. The largest absolute Gasteiger partial charge is 1.00 e. The number of hydrogen-bond acceptors (Lipinski definition) is 0. The maximum absolute atomic E-state index is 2.44. The van der Waals surface area contributed by atoms with Crippen LogP contribution in [0, 0.1) is 0 Å². The van der Waals surface area contributed by atoms with Gasteiger partial charge in [0.2, 0.25) is 0 Å². The summed E-state index contributed by atoms with van der Waals surface area (Å²) < 4.78 is 2.19. The third-order valence-corrected chi connectivity index (χ3v) is 2.07. The minimum absolute atomic E-state index is 0. The SMILES string of the molecule is CCCN(CCC)C(N(C)C)=[N+](C)C.[Cl-]. The van der Waals surface area contributed by atoms with Crippen LogP contribution in [0.4, 0.5) is 0 Å². The molecular weight excluding hydrogens is 210 g/mol. The Bertz CT molecular complexity index is 180. The summed E-state index contributed by atoms with van der Waals surface area (Å²) in [6.07, 6.45) is 2.40. The van der Waals surface area contributed by atoms with Gasteiger partial charge in [0, 0.05) is 0 Å². The molecule has 0 aliphatic heterocycles. The van der Waals surface area contributed by atoms with Crippen molar-refractivity contribution in [2.24, 2.45) is 0 Å². The molecule has 0 aromatic carbocycles. The maximum atomic E-state index is 2.44. The molecule has 0 saturated heterocycles. The van der Waals surface area contributed by atoms with E-state index in [1.807, 2.05) is 0 Å². The highest BCUT2D eigenvalue weighted by Gasteiger charge is 2.20. The first kappa shape index (κ1) is 17.0. The molecular formula is C11H26ClN3. The van der Waals surface area contributed by atoms with E-state index >= 15 is 0 Å². The molecule has 0 heterocycles. The van der Waals surface area contributed by atoms with Crippen LogP contribution in [-0.4, -0.2) is 61.6 Å². The molecule has 0 atom stereocenters. The fourth-order valence-corrected chi connectivity index (χ4v) is 1.82. The van der Waals surface area contributed by atoms with Crippen molar-refractivity contribution in [2.75, 3.05) is 41.3 Å². The number of guanidine groups is 1. The number of rotatable bonds is 4. The number of halogens is 1. The molecule has 0 unspecified atom stereocenters. The normalized spacial score (nSPS) is 9.20. The molecule has 0 saturated carbocycles. The van der Waals surface area contributed by atoms with Crippen molar-refractivity contribution in [2.45, 2.75) is 26.7 Å². The maximum Gasteiger partial charge on any atom is 0.349 e. The molecule has 0 fully saturated rings. The van der Waals surface area contributed by atoms with Gasteiger partial charge in [0.25, 0.3) is 0 Å². The number of hydrogen-bond donors (Lipinski definition) is 0. The Morgan fingerprint density at radius 2 is 1.40 bits per heavy atom. The average Bonchev–Trinajstić information content (AvgIpc) is 2.03. The van der Waals surface area contributed by atoms with Crippen LogP contribution in [0.25, 0.3) is 0 Å². The van der Waals surface area contributed by atoms with Gasteiger partial charge in [-0.25, -0.2) is 0 Å². The molecule has 15 heavy (non-hydrogen) atoms. The summed E-state index contributed by atoms with van der Waals surface area (Å²) in [5.41, 5.74) is 0. The Morgan fingerprint density at radius 3 is 1.60 bits per heavy atom. The minimum atomic E-state index is 0. The minimum Gasteiger partial charge on any atom is -1.00 e. The van der Waals surface area contributed by atoms with E-state index in [1.54, 1.807) is 0 Å². The molecule has 0 radical (unpaired) electrons. The van der Waals surface area contributed by atoms with Crippen LogP contribution in [0.3, 0.4) is 0 Å². The van der Waals surface area contributed by atoms with Crippen LogP contribution in [0.5, 0.6) is 0 Å². The quantitative estimate of drug-likeness (QED) is 0.327. The lowest BCUT2D eigenvalue weighted by molar-refractivity contribution is -0.476. The summed E-state index contributed by atoms with van der Waals surface area (Å²) in [6.45, 7) is 6.73. The Hall–Kier alpha value is -0.440. The molecule has 0 spiro atoms. The van der Waals surface area contributed by atoms with Gasteiger partial charge in [0.1, 0.15) is 0 Å². The summed E-state index contributed by atoms with van der Waals surface area (Å²) in [6, 6.07) is 0. The fourth-order valence-electron chi connectivity index (χ4n) is 1.82. The van der Waals surface area contributed by atoms with Crippen molar-refractivity contribution in [3.63, 3.8) is 0 Å². The van der Waals surface area contributed by atoms with Crippen LogP contribution in [-0.2, 0) is 0 Å². The summed E-state index contributed by atoms with van der Waals surface area (Å²) in [4.78, 5) is 4.63. The van der Waals surface area contributed by atoms with E-state index in [0.717, 1.165) is 13.1 Å². The van der Waals surface area contributed by atoms with Gasteiger partial charge in [-0.2, -0.15) is 0 Å². The van der Waals surface area contributed by atoms with Crippen molar-refractivity contribution < 1.29 is 17.0 Å². The van der Waals surface area contributed by atoms with Gasteiger partial charge in [-0.05, 0) is 12.8 Å². The second-order valence-corrected chi connectivity index (χ2v) is 4.08. The monoisotopic (exact) mass is 235 g/mol. The van der Waals surface area contributed by atoms with Crippen molar-refractivity contribution in [1.82, 2.24) is 9.80 Å². The van der Waals surface area contributed by atoms with E-state index in [2.05, 4.69) is 56.4 Å².